The monoisotopic (exact) mass is 371 g/mol. The van der Waals surface area contributed by atoms with Crippen LogP contribution in [0.1, 0.15) is 15.9 Å². The van der Waals surface area contributed by atoms with E-state index in [0.29, 0.717) is 32.8 Å². The summed E-state index contributed by atoms with van der Waals surface area (Å²) in [6.07, 6.45) is 1.58. The predicted molar refractivity (Wildman–Crippen MR) is 103 cm³/mol. The Morgan fingerprint density at radius 1 is 1.00 bits per heavy atom. The Bertz CT molecular complexity index is 894. The summed E-state index contributed by atoms with van der Waals surface area (Å²) in [7, 11) is 0. The van der Waals surface area contributed by atoms with Gasteiger partial charge in [-0.25, -0.2) is 4.98 Å². The molecule has 0 spiro atoms. The van der Waals surface area contributed by atoms with Gasteiger partial charge in [-0.2, -0.15) is 0 Å². The Morgan fingerprint density at radius 3 is 2.40 bits per heavy atom. The molecule has 0 saturated heterocycles. The fourth-order valence-corrected chi connectivity index (χ4v) is 2.63. The zero-order valence-corrected chi connectivity index (χ0v) is 14.9. The number of rotatable bonds is 4. The second kappa shape index (κ2) is 7.55. The molecule has 0 aliphatic heterocycles. The molecule has 1 amide bonds. The molecule has 25 heavy (non-hydrogen) atoms. The molecule has 0 atom stereocenters. The lowest BCUT2D eigenvalue weighted by Crippen LogP contribution is -2.12. The molecule has 3 rings (SSSR count). The van der Waals surface area contributed by atoms with Crippen LogP contribution in [0.3, 0.4) is 0 Å². The van der Waals surface area contributed by atoms with Gasteiger partial charge in [-0.15, -0.1) is 0 Å². The topological polar surface area (TPSA) is 54.0 Å². The summed E-state index contributed by atoms with van der Waals surface area (Å²) in [6.45, 7) is 1.98. The van der Waals surface area contributed by atoms with Gasteiger partial charge in [0.15, 0.2) is 0 Å². The van der Waals surface area contributed by atoms with Crippen molar-refractivity contribution in [2.45, 2.75) is 6.92 Å². The maximum absolute atomic E-state index is 12.2. The SMILES string of the molecule is Cc1ccc(C(=O)Nc2ccc(Nc3ccc(Cl)cc3Cl)nc2)cc1. The lowest BCUT2D eigenvalue weighted by Gasteiger charge is -2.09. The number of aryl methyl sites for hydroxylation is 1. The van der Waals surface area contributed by atoms with Crippen LogP contribution in [0.2, 0.25) is 10.0 Å². The average molecular weight is 372 g/mol. The molecule has 0 bridgehead atoms. The maximum atomic E-state index is 12.2. The van der Waals surface area contributed by atoms with Crippen LogP contribution in [0.4, 0.5) is 17.2 Å². The molecule has 0 radical (unpaired) electrons. The Hall–Kier alpha value is -2.56. The highest BCUT2D eigenvalue weighted by atomic mass is 35.5. The van der Waals surface area contributed by atoms with Gasteiger partial charge in [-0.3, -0.25) is 4.79 Å². The highest BCUT2D eigenvalue weighted by molar-refractivity contribution is 6.36. The van der Waals surface area contributed by atoms with Gasteiger partial charge in [0, 0.05) is 10.6 Å². The van der Waals surface area contributed by atoms with Crippen LogP contribution in [-0.2, 0) is 0 Å². The van der Waals surface area contributed by atoms with E-state index in [-0.39, 0.29) is 5.91 Å². The number of anilines is 3. The van der Waals surface area contributed by atoms with Crippen molar-refractivity contribution in [3.8, 4) is 0 Å². The maximum Gasteiger partial charge on any atom is 0.255 e. The lowest BCUT2D eigenvalue weighted by atomic mass is 10.1. The van der Waals surface area contributed by atoms with Crippen LogP contribution in [0.5, 0.6) is 0 Å². The number of benzene rings is 2. The summed E-state index contributed by atoms with van der Waals surface area (Å²) in [5, 5.41) is 6.99. The normalized spacial score (nSPS) is 10.4. The van der Waals surface area contributed by atoms with Crippen molar-refractivity contribution < 1.29 is 4.79 Å². The number of nitrogens with one attached hydrogen (secondary N) is 2. The fraction of sp³-hybridized carbons (Fsp3) is 0.0526. The largest absolute Gasteiger partial charge is 0.339 e. The summed E-state index contributed by atoms with van der Waals surface area (Å²) in [5.74, 6) is 0.431. The first-order valence-corrected chi connectivity index (χ1v) is 8.33. The van der Waals surface area contributed by atoms with Crippen LogP contribution >= 0.6 is 23.2 Å². The number of hydrogen-bond donors (Lipinski definition) is 2. The Morgan fingerprint density at radius 2 is 1.76 bits per heavy atom. The number of hydrogen-bond acceptors (Lipinski definition) is 3. The molecule has 0 saturated carbocycles. The molecule has 3 aromatic rings. The van der Waals surface area contributed by atoms with E-state index in [1.807, 2.05) is 19.1 Å². The molecule has 0 aliphatic rings. The molecular weight excluding hydrogens is 357 g/mol. The molecule has 1 aromatic heterocycles. The van der Waals surface area contributed by atoms with Gasteiger partial charge in [0.1, 0.15) is 5.82 Å². The van der Waals surface area contributed by atoms with Crippen LogP contribution in [0.15, 0.2) is 60.8 Å². The van der Waals surface area contributed by atoms with Gasteiger partial charge in [0.2, 0.25) is 0 Å². The van der Waals surface area contributed by atoms with E-state index in [1.54, 1.807) is 48.7 Å². The second-order valence-corrected chi connectivity index (χ2v) is 6.35. The average Bonchev–Trinajstić information content (AvgIpc) is 2.59. The summed E-state index contributed by atoms with van der Waals surface area (Å²) >= 11 is 12.0. The number of nitrogens with zero attached hydrogens (tertiary/aromatic N) is 1. The molecular formula is C19H15Cl2N3O. The van der Waals surface area contributed by atoms with Crippen molar-refractivity contribution in [3.63, 3.8) is 0 Å². The van der Waals surface area contributed by atoms with Crippen LogP contribution in [0, 0.1) is 6.92 Å². The van der Waals surface area contributed by atoms with Gasteiger partial charge in [0.05, 0.1) is 22.6 Å². The van der Waals surface area contributed by atoms with Gasteiger partial charge < -0.3 is 10.6 Å². The molecule has 126 valence electrons. The predicted octanol–water partition coefficient (Wildman–Crippen LogP) is 5.69. The van der Waals surface area contributed by atoms with E-state index >= 15 is 0 Å². The minimum absolute atomic E-state index is 0.178. The lowest BCUT2D eigenvalue weighted by molar-refractivity contribution is 0.102. The minimum atomic E-state index is -0.178. The third-order valence-corrected chi connectivity index (χ3v) is 4.08. The zero-order valence-electron chi connectivity index (χ0n) is 13.4. The minimum Gasteiger partial charge on any atom is -0.339 e. The fourth-order valence-electron chi connectivity index (χ4n) is 2.18. The molecule has 0 unspecified atom stereocenters. The van der Waals surface area contributed by atoms with Crippen molar-refractivity contribution in [2.24, 2.45) is 0 Å². The number of amides is 1. The summed E-state index contributed by atoms with van der Waals surface area (Å²) < 4.78 is 0. The number of aromatic nitrogens is 1. The first kappa shape index (κ1) is 17.3. The van der Waals surface area contributed by atoms with E-state index in [4.69, 9.17) is 23.2 Å². The molecule has 2 aromatic carbocycles. The Balaban J connectivity index is 1.67. The first-order valence-electron chi connectivity index (χ1n) is 7.57. The number of halogens is 2. The van der Waals surface area contributed by atoms with Crippen molar-refractivity contribution in [1.29, 1.82) is 0 Å². The zero-order chi connectivity index (χ0) is 17.8. The third kappa shape index (κ3) is 4.50. The Labute approximate surface area is 155 Å². The summed E-state index contributed by atoms with van der Waals surface area (Å²) in [5.41, 5.74) is 3.02. The summed E-state index contributed by atoms with van der Waals surface area (Å²) in [6, 6.07) is 16.1. The van der Waals surface area contributed by atoms with E-state index in [1.165, 1.54) is 0 Å². The number of carbonyl (C=O) groups excluding carboxylic acids is 1. The van der Waals surface area contributed by atoms with Crippen molar-refractivity contribution in [2.75, 3.05) is 10.6 Å². The van der Waals surface area contributed by atoms with E-state index in [9.17, 15) is 4.79 Å². The third-order valence-electron chi connectivity index (χ3n) is 3.53. The van der Waals surface area contributed by atoms with Crippen molar-refractivity contribution >= 4 is 46.3 Å². The van der Waals surface area contributed by atoms with Crippen LogP contribution in [0.25, 0.3) is 0 Å². The van der Waals surface area contributed by atoms with E-state index in [2.05, 4.69) is 15.6 Å². The summed E-state index contributed by atoms with van der Waals surface area (Å²) in [4.78, 5) is 16.5. The number of carbonyl (C=O) groups is 1. The smallest absolute Gasteiger partial charge is 0.255 e. The van der Waals surface area contributed by atoms with Crippen LogP contribution in [-0.4, -0.2) is 10.9 Å². The van der Waals surface area contributed by atoms with Gasteiger partial charge >= 0.3 is 0 Å². The molecule has 1 heterocycles. The number of pyridine rings is 1. The first-order chi connectivity index (χ1) is 12.0. The standard InChI is InChI=1S/C19H15Cl2N3O/c1-12-2-4-13(5-3-12)19(25)23-15-7-9-18(22-11-15)24-17-8-6-14(20)10-16(17)21/h2-11H,1H3,(H,22,24)(H,23,25). The molecule has 4 nitrogen and oxygen atoms in total. The van der Waals surface area contributed by atoms with E-state index < -0.39 is 0 Å². The van der Waals surface area contributed by atoms with Gasteiger partial charge in [0.25, 0.3) is 5.91 Å². The molecule has 0 fully saturated rings. The highest BCUT2D eigenvalue weighted by Gasteiger charge is 2.07. The van der Waals surface area contributed by atoms with Gasteiger partial charge in [-0.1, -0.05) is 40.9 Å². The molecule has 0 aliphatic carbocycles. The Kier molecular flexibility index (Phi) is 5.22. The second-order valence-electron chi connectivity index (χ2n) is 5.50. The van der Waals surface area contributed by atoms with Gasteiger partial charge in [-0.05, 0) is 49.4 Å². The highest BCUT2D eigenvalue weighted by Crippen LogP contribution is 2.27. The van der Waals surface area contributed by atoms with Crippen LogP contribution < -0.4 is 10.6 Å². The van der Waals surface area contributed by atoms with Crippen molar-refractivity contribution in [3.05, 3.63) is 82.0 Å². The quantitative estimate of drug-likeness (QED) is 0.618. The molecule has 6 heteroatoms. The molecule has 2 N–H and O–H groups in total. The van der Waals surface area contributed by atoms with Crippen molar-refractivity contribution in [1.82, 2.24) is 4.98 Å². The van der Waals surface area contributed by atoms with E-state index in [0.717, 1.165) is 5.56 Å².